The number of carbonyl (C=O) groups is 2. The molecule has 0 atom stereocenters. The van der Waals surface area contributed by atoms with Crippen LogP contribution in [0, 0.1) is 5.82 Å². The lowest BCUT2D eigenvalue weighted by Crippen LogP contribution is -2.21. The summed E-state index contributed by atoms with van der Waals surface area (Å²) in [5.74, 6) is -0.661. The molecule has 0 fully saturated rings. The monoisotopic (exact) mass is 578 g/mol. The third kappa shape index (κ3) is 5.57. The van der Waals surface area contributed by atoms with Crippen molar-refractivity contribution in [2.45, 2.75) is 11.8 Å². The largest absolute Gasteiger partial charge is 0.457 e. The number of nitrogens with one attached hydrogen (secondary N) is 1. The molecular weight excluding hydrogens is 559 g/mol. The molecule has 1 aliphatic rings. The van der Waals surface area contributed by atoms with Crippen LogP contribution in [0.15, 0.2) is 98.8 Å². The number of carbonyl (C=O) groups excluding carboxylic acids is 2. The Kier molecular flexibility index (Phi) is 7.11. The zero-order valence-corrected chi connectivity index (χ0v) is 22.3. The molecule has 5 rings (SSSR count). The number of hydrazone groups is 1. The van der Waals surface area contributed by atoms with Crippen molar-refractivity contribution in [2.75, 3.05) is 10.3 Å². The van der Waals surface area contributed by atoms with Gasteiger partial charge in [-0.3, -0.25) is 9.59 Å². The number of hydrogen-bond acceptors (Lipinski definition) is 6. The number of anilines is 2. The van der Waals surface area contributed by atoms with E-state index in [0.717, 1.165) is 5.01 Å². The van der Waals surface area contributed by atoms with Gasteiger partial charge in [0.2, 0.25) is 10.0 Å². The maximum Gasteiger partial charge on any atom is 0.280 e. The van der Waals surface area contributed by atoms with E-state index >= 15 is 0 Å². The van der Waals surface area contributed by atoms with Crippen molar-refractivity contribution in [3.8, 4) is 11.3 Å². The van der Waals surface area contributed by atoms with E-state index in [1.807, 2.05) is 0 Å². The Balaban J connectivity index is 1.36. The normalized spacial score (nSPS) is 14.5. The van der Waals surface area contributed by atoms with Gasteiger partial charge in [-0.1, -0.05) is 17.7 Å². The Bertz CT molecular complexity index is 1830. The van der Waals surface area contributed by atoms with Crippen LogP contribution in [-0.2, 0) is 14.8 Å². The van der Waals surface area contributed by atoms with Gasteiger partial charge in [-0.2, -0.15) is 10.1 Å². The first-order valence-corrected chi connectivity index (χ1v) is 13.6. The lowest BCUT2D eigenvalue weighted by atomic mass is 10.1. The van der Waals surface area contributed by atoms with Crippen LogP contribution in [-0.4, -0.2) is 25.9 Å². The molecule has 0 radical (unpaired) electrons. The maximum atomic E-state index is 13.5. The van der Waals surface area contributed by atoms with Crippen LogP contribution >= 0.6 is 11.6 Å². The number of amides is 2. The summed E-state index contributed by atoms with van der Waals surface area (Å²) < 4.78 is 42.4. The summed E-state index contributed by atoms with van der Waals surface area (Å²) in [5, 5.41) is 13.4. The fraction of sp³-hybridized carbons (Fsp3) is 0.0357. The molecule has 0 aliphatic carbocycles. The average Bonchev–Trinajstić information content (AvgIpc) is 3.49. The maximum absolute atomic E-state index is 13.5. The van der Waals surface area contributed by atoms with Gasteiger partial charge in [-0.15, -0.1) is 0 Å². The first-order valence-electron chi connectivity index (χ1n) is 11.7. The number of nitrogens with zero attached hydrogens (tertiary/aromatic N) is 2. The minimum atomic E-state index is -3.87. The molecule has 1 aromatic heterocycles. The second kappa shape index (κ2) is 10.5. The minimum absolute atomic E-state index is 0.0840. The second-order valence-electron chi connectivity index (χ2n) is 8.76. The van der Waals surface area contributed by atoms with Gasteiger partial charge in [0.25, 0.3) is 11.8 Å². The smallest absolute Gasteiger partial charge is 0.280 e. The molecule has 0 saturated heterocycles. The van der Waals surface area contributed by atoms with E-state index in [4.69, 9.17) is 21.2 Å². The van der Waals surface area contributed by atoms with Gasteiger partial charge >= 0.3 is 0 Å². The quantitative estimate of drug-likeness (QED) is 0.294. The van der Waals surface area contributed by atoms with Gasteiger partial charge in [0.1, 0.15) is 17.3 Å². The molecular formula is C28H20ClFN4O5S. The summed E-state index contributed by atoms with van der Waals surface area (Å²) in [7, 11) is -3.87. The van der Waals surface area contributed by atoms with Crippen molar-refractivity contribution < 1.29 is 26.8 Å². The first kappa shape index (κ1) is 27.0. The Morgan fingerprint density at radius 1 is 1.07 bits per heavy atom. The number of primary sulfonamides is 1. The molecule has 3 aromatic carbocycles. The lowest BCUT2D eigenvalue weighted by molar-refractivity contribution is -0.114. The highest BCUT2D eigenvalue weighted by molar-refractivity contribution is 7.89. The van der Waals surface area contributed by atoms with Gasteiger partial charge in [0.15, 0.2) is 0 Å². The van der Waals surface area contributed by atoms with E-state index in [9.17, 15) is 22.4 Å². The van der Waals surface area contributed by atoms with E-state index in [2.05, 4.69) is 10.4 Å². The molecule has 40 heavy (non-hydrogen) atoms. The molecule has 4 aromatic rings. The molecule has 9 nitrogen and oxygen atoms in total. The Labute approximate surface area is 233 Å². The predicted octanol–water partition coefficient (Wildman–Crippen LogP) is 5.44. The summed E-state index contributed by atoms with van der Waals surface area (Å²) in [4.78, 5) is 25.8. The highest BCUT2D eigenvalue weighted by Crippen LogP contribution is 2.30. The highest BCUT2D eigenvalue weighted by Gasteiger charge is 2.29. The molecule has 0 bridgehead atoms. The van der Waals surface area contributed by atoms with E-state index in [1.54, 1.807) is 43.3 Å². The van der Waals surface area contributed by atoms with Crippen molar-refractivity contribution in [3.05, 3.63) is 107 Å². The third-order valence-electron chi connectivity index (χ3n) is 5.96. The molecule has 0 saturated carbocycles. The van der Waals surface area contributed by atoms with Gasteiger partial charge in [-0.05, 0) is 85.8 Å². The summed E-state index contributed by atoms with van der Waals surface area (Å²) in [6.45, 7) is 1.66. The number of rotatable bonds is 6. The zero-order valence-electron chi connectivity index (χ0n) is 20.8. The van der Waals surface area contributed by atoms with Crippen LogP contribution in [0.5, 0.6) is 0 Å². The van der Waals surface area contributed by atoms with Crippen LogP contribution in [0.25, 0.3) is 17.4 Å². The predicted molar refractivity (Wildman–Crippen MR) is 150 cm³/mol. The Morgan fingerprint density at radius 3 is 2.52 bits per heavy atom. The number of hydrogen-bond donors (Lipinski definition) is 2. The lowest BCUT2D eigenvalue weighted by Gasteiger charge is -2.12. The topological polar surface area (TPSA) is 135 Å². The number of nitrogens with two attached hydrogens (primary N) is 1. The van der Waals surface area contributed by atoms with Crippen LogP contribution in [0.4, 0.5) is 15.8 Å². The average molecular weight is 579 g/mol. The van der Waals surface area contributed by atoms with E-state index in [1.165, 1.54) is 48.5 Å². The molecule has 0 spiro atoms. The van der Waals surface area contributed by atoms with Crippen LogP contribution in [0.3, 0.4) is 0 Å². The Hall–Kier alpha value is -4.58. The molecule has 202 valence electrons. The van der Waals surface area contributed by atoms with Gasteiger partial charge < -0.3 is 9.73 Å². The van der Waals surface area contributed by atoms with Crippen LogP contribution in [0.2, 0.25) is 5.02 Å². The van der Waals surface area contributed by atoms with Crippen molar-refractivity contribution in [2.24, 2.45) is 10.2 Å². The number of halogens is 2. The fourth-order valence-electron chi connectivity index (χ4n) is 3.98. The number of benzene rings is 3. The van der Waals surface area contributed by atoms with Crippen molar-refractivity contribution in [1.82, 2.24) is 0 Å². The van der Waals surface area contributed by atoms with Gasteiger partial charge in [0.05, 0.1) is 32.5 Å². The van der Waals surface area contributed by atoms with Gasteiger partial charge in [-0.25, -0.2) is 17.9 Å². The molecule has 12 heteroatoms. The van der Waals surface area contributed by atoms with Crippen LogP contribution in [0.1, 0.15) is 23.0 Å². The second-order valence-corrected chi connectivity index (χ2v) is 10.7. The zero-order chi connectivity index (χ0) is 28.6. The molecule has 2 heterocycles. The summed E-state index contributed by atoms with van der Waals surface area (Å²) in [6.07, 6.45) is 1.54. The fourth-order valence-corrected chi connectivity index (χ4v) is 4.70. The van der Waals surface area contributed by atoms with Crippen molar-refractivity contribution >= 4 is 56.6 Å². The highest BCUT2D eigenvalue weighted by atomic mass is 35.5. The van der Waals surface area contributed by atoms with Crippen molar-refractivity contribution in [3.63, 3.8) is 0 Å². The molecule has 0 unspecified atom stereocenters. The standard InChI is InChI=1S/C28H20ClFN4O5S/c1-16-23(28(36)34(33-16)20-6-9-22(10-7-20)40(31,37)38)15-21-8-12-26(39-21)17-5-11-25(29)24(13-17)27(35)32-19-4-2-3-18(30)14-19/h2-15H,1H3,(H,32,35)(H2,31,37,38)/b23-15-. The van der Waals surface area contributed by atoms with E-state index < -0.39 is 27.7 Å². The molecule has 1 aliphatic heterocycles. The van der Waals surface area contributed by atoms with Crippen LogP contribution < -0.4 is 15.5 Å². The third-order valence-corrected chi connectivity index (χ3v) is 7.22. The van der Waals surface area contributed by atoms with E-state index in [-0.39, 0.29) is 26.7 Å². The SMILES string of the molecule is CC1=NN(c2ccc(S(N)(=O)=O)cc2)C(=O)/C1=C\c1ccc(-c2ccc(Cl)c(C(=O)Nc3cccc(F)c3)c2)o1. The van der Waals surface area contributed by atoms with Gasteiger partial charge in [0, 0.05) is 11.3 Å². The summed E-state index contributed by atoms with van der Waals surface area (Å²) >= 11 is 6.26. The first-order chi connectivity index (χ1) is 19.0. The minimum Gasteiger partial charge on any atom is -0.457 e. The number of furan rings is 1. The molecule has 3 N–H and O–H groups in total. The molecule has 2 amide bonds. The van der Waals surface area contributed by atoms with Crippen molar-refractivity contribution in [1.29, 1.82) is 0 Å². The summed E-state index contributed by atoms with van der Waals surface area (Å²) in [6, 6.07) is 19.1. The van der Waals surface area contributed by atoms with E-state index in [0.29, 0.717) is 28.5 Å². The Morgan fingerprint density at radius 2 is 1.82 bits per heavy atom. The number of sulfonamides is 1. The summed E-state index contributed by atoms with van der Waals surface area (Å²) in [5.41, 5.74) is 2.08.